The molecule has 1 aromatic heterocycles. The molecule has 1 heterocycles. The van der Waals surface area contributed by atoms with Crippen LogP contribution in [0.2, 0.25) is 0 Å². The highest BCUT2D eigenvalue weighted by molar-refractivity contribution is 5.28. The molecule has 0 aliphatic rings. The van der Waals surface area contributed by atoms with E-state index in [-0.39, 0.29) is 5.82 Å². The van der Waals surface area contributed by atoms with Crippen LogP contribution >= 0.6 is 0 Å². The van der Waals surface area contributed by atoms with E-state index in [1.807, 2.05) is 12.1 Å². The fourth-order valence-electron chi connectivity index (χ4n) is 2.62. The average Bonchev–Trinajstić information content (AvgIpc) is 2.84. The summed E-state index contributed by atoms with van der Waals surface area (Å²) < 4.78 is 15.1. The summed E-state index contributed by atoms with van der Waals surface area (Å²) in [4.78, 5) is 0. The zero-order valence-electron chi connectivity index (χ0n) is 13.1. The van der Waals surface area contributed by atoms with Gasteiger partial charge in [0.25, 0.3) is 0 Å². The Morgan fingerprint density at radius 3 is 2.38 bits per heavy atom. The molecule has 4 heteroatoms. The van der Waals surface area contributed by atoms with Gasteiger partial charge in [-0.3, -0.25) is 4.68 Å². The smallest absolute Gasteiger partial charge is 0.123 e. The van der Waals surface area contributed by atoms with Gasteiger partial charge in [-0.15, -0.1) is 0 Å². The SMILES string of the molecule is CCNCc1c(CC)nn(Cc2ccc(F)cc2)c1CC. The molecule has 2 aromatic rings. The van der Waals surface area contributed by atoms with Gasteiger partial charge in [0.2, 0.25) is 0 Å². The summed E-state index contributed by atoms with van der Waals surface area (Å²) in [6.45, 7) is 8.93. The molecule has 114 valence electrons. The van der Waals surface area contributed by atoms with E-state index in [0.717, 1.165) is 37.2 Å². The molecule has 0 aliphatic heterocycles. The van der Waals surface area contributed by atoms with Crippen molar-refractivity contribution in [3.63, 3.8) is 0 Å². The Balaban J connectivity index is 2.29. The molecule has 0 atom stereocenters. The summed E-state index contributed by atoms with van der Waals surface area (Å²) in [5.74, 6) is -0.197. The molecule has 0 bridgehead atoms. The molecule has 1 aromatic carbocycles. The summed E-state index contributed by atoms with van der Waals surface area (Å²) in [7, 11) is 0. The van der Waals surface area contributed by atoms with Crippen LogP contribution in [-0.4, -0.2) is 16.3 Å². The van der Waals surface area contributed by atoms with Crippen LogP contribution in [0.5, 0.6) is 0 Å². The minimum atomic E-state index is -0.197. The van der Waals surface area contributed by atoms with Crippen molar-refractivity contribution in [1.29, 1.82) is 0 Å². The van der Waals surface area contributed by atoms with Crippen molar-refractivity contribution in [3.8, 4) is 0 Å². The lowest BCUT2D eigenvalue weighted by molar-refractivity contribution is 0.618. The van der Waals surface area contributed by atoms with Crippen molar-refractivity contribution in [2.75, 3.05) is 6.54 Å². The normalized spacial score (nSPS) is 11.0. The van der Waals surface area contributed by atoms with Crippen molar-refractivity contribution >= 4 is 0 Å². The van der Waals surface area contributed by atoms with Crippen LogP contribution in [0.4, 0.5) is 4.39 Å². The fraction of sp³-hybridized carbons (Fsp3) is 0.471. The van der Waals surface area contributed by atoms with Gasteiger partial charge in [0.1, 0.15) is 5.82 Å². The van der Waals surface area contributed by atoms with E-state index >= 15 is 0 Å². The third kappa shape index (κ3) is 3.70. The Morgan fingerprint density at radius 1 is 1.10 bits per heavy atom. The Kier molecular flexibility index (Phi) is 5.51. The molecule has 0 amide bonds. The van der Waals surface area contributed by atoms with Crippen molar-refractivity contribution in [3.05, 3.63) is 52.6 Å². The lowest BCUT2D eigenvalue weighted by Gasteiger charge is -2.08. The van der Waals surface area contributed by atoms with Crippen molar-refractivity contribution < 1.29 is 4.39 Å². The molecule has 0 aliphatic carbocycles. The van der Waals surface area contributed by atoms with E-state index in [0.29, 0.717) is 6.54 Å². The molecule has 0 saturated heterocycles. The van der Waals surface area contributed by atoms with Crippen LogP contribution in [0.1, 0.15) is 43.3 Å². The highest BCUT2D eigenvalue weighted by atomic mass is 19.1. The van der Waals surface area contributed by atoms with Gasteiger partial charge in [0.15, 0.2) is 0 Å². The molecule has 0 fully saturated rings. The Labute approximate surface area is 126 Å². The molecule has 0 unspecified atom stereocenters. The Hall–Kier alpha value is -1.68. The van der Waals surface area contributed by atoms with Gasteiger partial charge >= 0.3 is 0 Å². The van der Waals surface area contributed by atoms with Crippen LogP contribution in [0.3, 0.4) is 0 Å². The number of hydrogen-bond acceptors (Lipinski definition) is 2. The maximum Gasteiger partial charge on any atom is 0.123 e. The molecule has 0 spiro atoms. The number of rotatable bonds is 7. The molecular weight excluding hydrogens is 265 g/mol. The van der Waals surface area contributed by atoms with E-state index in [1.54, 1.807) is 0 Å². The fourth-order valence-corrected chi connectivity index (χ4v) is 2.62. The number of benzene rings is 1. The van der Waals surface area contributed by atoms with Crippen molar-refractivity contribution in [2.45, 2.75) is 46.7 Å². The van der Waals surface area contributed by atoms with Crippen LogP contribution in [0, 0.1) is 5.82 Å². The van der Waals surface area contributed by atoms with E-state index in [1.165, 1.54) is 23.4 Å². The first-order valence-electron chi connectivity index (χ1n) is 7.72. The van der Waals surface area contributed by atoms with Gasteiger partial charge < -0.3 is 5.32 Å². The molecular formula is C17H24FN3. The van der Waals surface area contributed by atoms with Crippen molar-refractivity contribution in [2.24, 2.45) is 0 Å². The lowest BCUT2D eigenvalue weighted by atomic mass is 10.1. The van der Waals surface area contributed by atoms with E-state index < -0.39 is 0 Å². The maximum atomic E-state index is 13.0. The van der Waals surface area contributed by atoms with Gasteiger partial charge in [-0.25, -0.2) is 4.39 Å². The number of nitrogens with one attached hydrogen (secondary N) is 1. The standard InChI is InChI=1S/C17H24FN3/c1-4-16-15(11-19-6-3)17(5-2)21(20-16)12-13-7-9-14(18)10-8-13/h7-10,19H,4-6,11-12H2,1-3H3. The summed E-state index contributed by atoms with van der Waals surface area (Å²) in [5.41, 5.74) is 4.84. The van der Waals surface area contributed by atoms with Crippen LogP contribution in [0.15, 0.2) is 24.3 Å². The first kappa shape index (κ1) is 15.7. The number of aryl methyl sites for hydroxylation is 1. The van der Waals surface area contributed by atoms with E-state index in [9.17, 15) is 4.39 Å². The Bertz CT molecular complexity index is 572. The zero-order valence-corrected chi connectivity index (χ0v) is 13.1. The summed E-state index contributed by atoms with van der Waals surface area (Å²) in [6, 6.07) is 6.66. The summed E-state index contributed by atoms with van der Waals surface area (Å²) in [5, 5.41) is 8.15. The number of hydrogen-bond donors (Lipinski definition) is 1. The van der Waals surface area contributed by atoms with E-state index in [2.05, 4.69) is 30.8 Å². The second-order valence-corrected chi connectivity index (χ2v) is 5.14. The highest BCUT2D eigenvalue weighted by Gasteiger charge is 2.15. The number of aromatic nitrogens is 2. The average molecular weight is 289 g/mol. The second-order valence-electron chi connectivity index (χ2n) is 5.14. The maximum absolute atomic E-state index is 13.0. The second kappa shape index (κ2) is 7.36. The monoisotopic (exact) mass is 289 g/mol. The molecule has 0 radical (unpaired) electrons. The number of halogens is 1. The molecule has 21 heavy (non-hydrogen) atoms. The minimum absolute atomic E-state index is 0.197. The predicted molar refractivity (Wildman–Crippen MR) is 83.9 cm³/mol. The van der Waals surface area contributed by atoms with Gasteiger partial charge in [0, 0.05) is 17.8 Å². The van der Waals surface area contributed by atoms with Gasteiger partial charge in [-0.1, -0.05) is 32.9 Å². The zero-order chi connectivity index (χ0) is 15.2. The van der Waals surface area contributed by atoms with Gasteiger partial charge in [0.05, 0.1) is 12.2 Å². The Morgan fingerprint density at radius 2 is 1.81 bits per heavy atom. The molecule has 3 nitrogen and oxygen atoms in total. The quantitative estimate of drug-likeness (QED) is 0.847. The largest absolute Gasteiger partial charge is 0.313 e. The number of nitrogens with zero attached hydrogens (tertiary/aromatic N) is 2. The highest BCUT2D eigenvalue weighted by Crippen LogP contribution is 2.18. The van der Waals surface area contributed by atoms with E-state index in [4.69, 9.17) is 5.10 Å². The topological polar surface area (TPSA) is 29.9 Å². The summed E-state index contributed by atoms with van der Waals surface area (Å²) >= 11 is 0. The predicted octanol–water partition coefficient (Wildman–Crippen LogP) is 3.30. The van der Waals surface area contributed by atoms with Crippen molar-refractivity contribution in [1.82, 2.24) is 15.1 Å². The third-order valence-corrected chi connectivity index (χ3v) is 3.72. The molecule has 1 N–H and O–H groups in total. The van der Waals surface area contributed by atoms with Crippen LogP contribution < -0.4 is 5.32 Å². The summed E-state index contributed by atoms with van der Waals surface area (Å²) in [6.07, 6.45) is 1.89. The molecule has 0 saturated carbocycles. The third-order valence-electron chi connectivity index (χ3n) is 3.72. The van der Waals surface area contributed by atoms with Gasteiger partial charge in [-0.05, 0) is 37.1 Å². The first-order chi connectivity index (χ1) is 10.2. The van der Waals surface area contributed by atoms with Gasteiger partial charge in [-0.2, -0.15) is 5.10 Å². The first-order valence-corrected chi connectivity index (χ1v) is 7.72. The lowest BCUT2D eigenvalue weighted by Crippen LogP contribution is -2.14. The molecule has 2 rings (SSSR count). The minimum Gasteiger partial charge on any atom is -0.313 e. The van der Waals surface area contributed by atoms with Crippen LogP contribution in [-0.2, 0) is 25.9 Å². The van der Waals surface area contributed by atoms with Crippen LogP contribution in [0.25, 0.3) is 0 Å².